The van der Waals surface area contributed by atoms with E-state index in [1.54, 1.807) is 0 Å². The molecule has 1 fully saturated rings. The number of hydrogen-bond acceptors (Lipinski definition) is 3. The number of nitrogens with one attached hydrogen (secondary N) is 1. The third-order valence-electron chi connectivity index (χ3n) is 3.92. The Morgan fingerprint density at radius 1 is 1.24 bits per heavy atom. The number of nitrogens with zero attached hydrogens (tertiary/aromatic N) is 2. The molecule has 0 saturated heterocycles. The summed E-state index contributed by atoms with van der Waals surface area (Å²) in [5, 5.41) is 3.56. The van der Waals surface area contributed by atoms with E-state index in [0.29, 0.717) is 6.04 Å². The van der Waals surface area contributed by atoms with Gasteiger partial charge in [-0.3, -0.25) is 4.57 Å². The first-order valence-corrected chi connectivity index (χ1v) is 7.90. The van der Waals surface area contributed by atoms with Gasteiger partial charge in [-0.25, -0.2) is 4.98 Å². The summed E-state index contributed by atoms with van der Waals surface area (Å²) in [7, 11) is 0. The van der Waals surface area contributed by atoms with Gasteiger partial charge in [-0.05, 0) is 43.5 Å². The normalized spacial score (nSPS) is 15.3. The van der Waals surface area contributed by atoms with Gasteiger partial charge < -0.3 is 10.1 Å². The van der Waals surface area contributed by atoms with E-state index in [4.69, 9.17) is 4.74 Å². The molecule has 1 aliphatic rings. The van der Waals surface area contributed by atoms with Crippen molar-refractivity contribution < 1.29 is 4.74 Å². The fraction of sp³-hybridized carbons (Fsp3) is 0.471. The average molecular weight is 285 g/mol. The van der Waals surface area contributed by atoms with E-state index < -0.39 is 0 Å². The van der Waals surface area contributed by atoms with Crippen LogP contribution in [-0.2, 0) is 0 Å². The van der Waals surface area contributed by atoms with Gasteiger partial charge in [0.05, 0.1) is 6.61 Å². The highest BCUT2D eigenvalue weighted by Crippen LogP contribution is 2.24. The predicted molar refractivity (Wildman–Crippen MR) is 85.2 cm³/mol. The topological polar surface area (TPSA) is 39.1 Å². The molecule has 0 radical (unpaired) electrons. The molecule has 2 aromatic rings. The largest absolute Gasteiger partial charge is 0.494 e. The van der Waals surface area contributed by atoms with E-state index >= 15 is 0 Å². The van der Waals surface area contributed by atoms with Gasteiger partial charge in [0.2, 0.25) is 5.95 Å². The molecule has 1 aromatic carbocycles. The minimum atomic E-state index is 0.568. The van der Waals surface area contributed by atoms with E-state index in [0.717, 1.165) is 30.4 Å². The first-order chi connectivity index (χ1) is 10.4. The van der Waals surface area contributed by atoms with Crippen LogP contribution in [0.2, 0.25) is 0 Å². The number of hydrogen-bond donors (Lipinski definition) is 1. The summed E-state index contributed by atoms with van der Waals surface area (Å²) >= 11 is 0. The summed E-state index contributed by atoms with van der Waals surface area (Å²) in [4.78, 5) is 4.45. The quantitative estimate of drug-likeness (QED) is 0.871. The second kappa shape index (κ2) is 6.66. The number of imidazole rings is 1. The van der Waals surface area contributed by atoms with Crippen LogP contribution >= 0.6 is 0 Å². The van der Waals surface area contributed by atoms with Crippen LogP contribution in [0.4, 0.5) is 5.95 Å². The van der Waals surface area contributed by atoms with Crippen molar-refractivity contribution in [1.29, 1.82) is 0 Å². The van der Waals surface area contributed by atoms with Crippen molar-refractivity contribution in [1.82, 2.24) is 9.55 Å². The van der Waals surface area contributed by atoms with Crippen LogP contribution in [0.25, 0.3) is 5.69 Å². The molecule has 1 heterocycles. The highest BCUT2D eigenvalue weighted by Gasteiger charge is 2.16. The molecule has 4 heteroatoms. The Morgan fingerprint density at radius 3 is 2.71 bits per heavy atom. The van der Waals surface area contributed by atoms with Crippen molar-refractivity contribution in [2.45, 2.75) is 45.1 Å². The van der Waals surface area contributed by atoms with E-state index in [-0.39, 0.29) is 0 Å². The number of rotatable bonds is 6. The molecule has 112 valence electrons. The van der Waals surface area contributed by atoms with Crippen LogP contribution in [0.5, 0.6) is 5.75 Å². The van der Waals surface area contributed by atoms with Crippen LogP contribution in [-0.4, -0.2) is 22.2 Å². The van der Waals surface area contributed by atoms with Gasteiger partial charge in [0.15, 0.2) is 0 Å². The molecule has 4 nitrogen and oxygen atoms in total. The maximum Gasteiger partial charge on any atom is 0.207 e. The van der Waals surface area contributed by atoms with Crippen LogP contribution in [0.3, 0.4) is 0 Å². The minimum absolute atomic E-state index is 0.568. The molecule has 0 amide bonds. The van der Waals surface area contributed by atoms with Gasteiger partial charge >= 0.3 is 0 Å². The van der Waals surface area contributed by atoms with Gasteiger partial charge in [0, 0.05) is 24.1 Å². The van der Waals surface area contributed by atoms with Crippen molar-refractivity contribution in [3.8, 4) is 11.4 Å². The molecule has 1 N–H and O–H groups in total. The summed E-state index contributed by atoms with van der Waals surface area (Å²) in [6.45, 7) is 2.87. The zero-order valence-electron chi connectivity index (χ0n) is 12.6. The summed E-state index contributed by atoms with van der Waals surface area (Å²) in [5.74, 6) is 1.86. The van der Waals surface area contributed by atoms with E-state index in [1.165, 1.54) is 25.7 Å². The SMILES string of the molecule is CCCOc1ccc(-n2ccnc2NC2CCCC2)cc1. The molecule has 0 atom stereocenters. The number of aromatic nitrogens is 2. The summed E-state index contributed by atoms with van der Waals surface area (Å²) in [6, 6.07) is 8.76. The maximum absolute atomic E-state index is 5.62. The van der Waals surface area contributed by atoms with E-state index in [9.17, 15) is 0 Å². The predicted octanol–water partition coefficient (Wildman–Crippen LogP) is 4.02. The number of anilines is 1. The molecular formula is C17H23N3O. The Bertz CT molecular complexity index is 556. The number of ether oxygens (including phenoxy) is 1. The van der Waals surface area contributed by atoms with Crippen LogP contribution < -0.4 is 10.1 Å². The molecule has 0 bridgehead atoms. The summed E-state index contributed by atoms with van der Waals surface area (Å²) in [5.41, 5.74) is 1.11. The molecule has 0 unspecified atom stereocenters. The standard InChI is InChI=1S/C17H23N3O/c1-2-13-21-16-9-7-15(8-10-16)20-12-11-18-17(20)19-14-5-3-4-6-14/h7-12,14H,2-6,13H2,1H3,(H,18,19). The van der Waals surface area contributed by atoms with Crippen LogP contribution in [0, 0.1) is 0 Å². The van der Waals surface area contributed by atoms with Crippen molar-refractivity contribution in [2.75, 3.05) is 11.9 Å². The van der Waals surface area contributed by atoms with Gasteiger partial charge in [0.1, 0.15) is 5.75 Å². The fourth-order valence-corrected chi connectivity index (χ4v) is 2.79. The third kappa shape index (κ3) is 3.38. The molecule has 1 saturated carbocycles. The Hall–Kier alpha value is -1.97. The molecular weight excluding hydrogens is 262 g/mol. The second-order valence-electron chi connectivity index (χ2n) is 5.59. The van der Waals surface area contributed by atoms with Crippen molar-refractivity contribution in [2.24, 2.45) is 0 Å². The van der Waals surface area contributed by atoms with Crippen LogP contribution in [0.1, 0.15) is 39.0 Å². The molecule has 21 heavy (non-hydrogen) atoms. The molecule has 1 aromatic heterocycles. The lowest BCUT2D eigenvalue weighted by Gasteiger charge is -2.15. The maximum atomic E-state index is 5.62. The first kappa shape index (κ1) is 14.0. The van der Waals surface area contributed by atoms with Gasteiger partial charge in [-0.15, -0.1) is 0 Å². The third-order valence-corrected chi connectivity index (χ3v) is 3.92. The van der Waals surface area contributed by atoms with Gasteiger partial charge in [-0.2, -0.15) is 0 Å². The van der Waals surface area contributed by atoms with Crippen molar-refractivity contribution in [3.63, 3.8) is 0 Å². The van der Waals surface area contributed by atoms with Gasteiger partial charge in [0.25, 0.3) is 0 Å². The summed E-state index contributed by atoms with van der Waals surface area (Å²) in [6.07, 6.45) is 10.0. The lowest BCUT2D eigenvalue weighted by atomic mass is 10.2. The molecule has 1 aliphatic carbocycles. The highest BCUT2D eigenvalue weighted by atomic mass is 16.5. The molecule has 0 spiro atoms. The Kier molecular flexibility index (Phi) is 4.43. The smallest absolute Gasteiger partial charge is 0.207 e. The number of benzene rings is 1. The first-order valence-electron chi connectivity index (χ1n) is 7.90. The van der Waals surface area contributed by atoms with Crippen molar-refractivity contribution >= 4 is 5.95 Å². The zero-order valence-corrected chi connectivity index (χ0v) is 12.6. The lowest BCUT2D eigenvalue weighted by Crippen LogP contribution is -2.17. The second-order valence-corrected chi connectivity index (χ2v) is 5.59. The van der Waals surface area contributed by atoms with Crippen molar-refractivity contribution in [3.05, 3.63) is 36.7 Å². The van der Waals surface area contributed by atoms with Gasteiger partial charge in [-0.1, -0.05) is 19.8 Å². The lowest BCUT2D eigenvalue weighted by molar-refractivity contribution is 0.317. The Morgan fingerprint density at radius 2 is 2.00 bits per heavy atom. The van der Waals surface area contributed by atoms with E-state index in [1.807, 2.05) is 24.5 Å². The Balaban J connectivity index is 1.72. The zero-order chi connectivity index (χ0) is 14.5. The fourth-order valence-electron chi connectivity index (χ4n) is 2.79. The Labute approximate surface area is 126 Å². The summed E-state index contributed by atoms with van der Waals surface area (Å²) < 4.78 is 7.72. The average Bonchev–Trinajstić information content (AvgIpc) is 3.18. The molecule has 3 rings (SSSR count). The van der Waals surface area contributed by atoms with Crippen LogP contribution in [0.15, 0.2) is 36.7 Å². The highest BCUT2D eigenvalue weighted by molar-refractivity contribution is 5.44. The monoisotopic (exact) mass is 285 g/mol. The molecule has 0 aliphatic heterocycles. The minimum Gasteiger partial charge on any atom is -0.494 e. The van der Waals surface area contributed by atoms with E-state index in [2.05, 4.69) is 33.9 Å².